The summed E-state index contributed by atoms with van der Waals surface area (Å²) in [6.45, 7) is 3.71. The van der Waals surface area contributed by atoms with Crippen LogP contribution in [-0.2, 0) is 0 Å². The van der Waals surface area contributed by atoms with Gasteiger partial charge in [-0.1, -0.05) is 23.3 Å². The largest absolute Gasteiger partial charge is 0.476 e. The Labute approximate surface area is 105 Å². The van der Waals surface area contributed by atoms with Crippen LogP contribution >= 0.6 is 11.6 Å². The van der Waals surface area contributed by atoms with Gasteiger partial charge in [0.25, 0.3) is 0 Å². The lowest BCUT2D eigenvalue weighted by Gasteiger charge is -2.26. The Morgan fingerprint density at radius 3 is 2.88 bits per heavy atom. The third-order valence-electron chi connectivity index (χ3n) is 2.79. The fourth-order valence-corrected chi connectivity index (χ4v) is 1.92. The molecule has 0 atom stereocenters. The number of nitrogens with zero attached hydrogens (tertiary/aromatic N) is 2. The van der Waals surface area contributed by atoms with Crippen molar-refractivity contribution in [1.82, 2.24) is 4.98 Å². The van der Waals surface area contributed by atoms with Gasteiger partial charge in [0.05, 0.1) is 5.02 Å². The number of anilines is 1. The molecule has 2 rings (SSSR count). The highest BCUT2D eigenvalue weighted by molar-refractivity contribution is 6.33. The van der Waals surface area contributed by atoms with Gasteiger partial charge >= 0.3 is 5.97 Å². The molecule has 0 unspecified atom stereocenters. The van der Waals surface area contributed by atoms with Crippen molar-refractivity contribution < 1.29 is 9.90 Å². The zero-order chi connectivity index (χ0) is 12.4. The summed E-state index contributed by atoms with van der Waals surface area (Å²) in [6.07, 6.45) is 3.10. The molecule has 0 spiro atoms. The fraction of sp³-hybridized carbons (Fsp3) is 0.333. The Balaban J connectivity index is 2.28. The van der Waals surface area contributed by atoms with Crippen molar-refractivity contribution >= 4 is 23.4 Å². The van der Waals surface area contributed by atoms with Gasteiger partial charge in [0.15, 0.2) is 5.69 Å². The molecule has 5 heteroatoms. The molecule has 0 amide bonds. The van der Waals surface area contributed by atoms with Gasteiger partial charge in [-0.3, -0.25) is 0 Å². The van der Waals surface area contributed by atoms with E-state index in [2.05, 4.69) is 18.0 Å². The molecule has 1 aromatic heterocycles. The molecule has 0 aromatic carbocycles. The van der Waals surface area contributed by atoms with Gasteiger partial charge in [-0.05, 0) is 25.5 Å². The second kappa shape index (κ2) is 4.75. The van der Waals surface area contributed by atoms with Crippen LogP contribution in [0.3, 0.4) is 0 Å². The number of hydrogen-bond acceptors (Lipinski definition) is 3. The van der Waals surface area contributed by atoms with E-state index in [9.17, 15) is 4.79 Å². The number of carboxylic acid groups (broad SMARTS) is 1. The molecule has 2 heterocycles. The molecule has 1 aromatic rings. The summed E-state index contributed by atoms with van der Waals surface area (Å²) in [6, 6.07) is 3.34. The van der Waals surface area contributed by atoms with E-state index in [0.29, 0.717) is 5.82 Å². The Hall–Kier alpha value is -1.55. The third-order valence-corrected chi connectivity index (χ3v) is 3.10. The number of aromatic nitrogens is 1. The molecule has 0 aliphatic carbocycles. The van der Waals surface area contributed by atoms with Crippen molar-refractivity contribution in [2.75, 3.05) is 18.0 Å². The number of pyridine rings is 1. The van der Waals surface area contributed by atoms with Crippen LogP contribution in [0.2, 0.25) is 5.02 Å². The van der Waals surface area contributed by atoms with Gasteiger partial charge in [0.1, 0.15) is 5.82 Å². The van der Waals surface area contributed by atoms with E-state index < -0.39 is 5.97 Å². The van der Waals surface area contributed by atoms with Crippen LogP contribution in [0.25, 0.3) is 0 Å². The summed E-state index contributed by atoms with van der Waals surface area (Å²) in [7, 11) is 0. The smallest absolute Gasteiger partial charge is 0.356 e. The first-order valence-electron chi connectivity index (χ1n) is 5.38. The van der Waals surface area contributed by atoms with Crippen LogP contribution in [-0.4, -0.2) is 29.1 Å². The summed E-state index contributed by atoms with van der Waals surface area (Å²) in [5, 5.41) is 9.12. The maximum absolute atomic E-state index is 10.9. The van der Waals surface area contributed by atoms with Crippen molar-refractivity contribution in [1.29, 1.82) is 0 Å². The van der Waals surface area contributed by atoms with E-state index >= 15 is 0 Å². The molecule has 0 fully saturated rings. The van der Waals surface area contributed by atoms with Gasteiger partial charge in [-0.15, -0.1) is 0 Å². The predicted octanol–water partition coefficient (Wildman–Crippen LogP) is 2.59. The summed E-state index contributed by atoms with van der Waals surface area (Å²) < 4.78 is 0. The van der Waals surface area contributed by atoms with E-state index in [0.717, 1.165) is 19.5 Å². The monoisotopic (exact) mass is 252 g/mol. The summed E-state index contributed by atoms with van der Waals surface area (Å²) >= 11 is 5.78. The minimum Gasteiger partial charge on any atom is -0.476 e. The van der Waals surface area contributed by atoms with Crippen molar-refractivity contribution in [2.24, 2.45) is 0 Å². The highest BCUT2D eigenvalue weighted by Crippen LogP contribution is 2.21. The predicted molar refractivity (Wildman–Crippen MR) is 66.8 cm³/mol. The van der Waals surface area contributed by atoms with E-state index in [1.54, 1.807) is 12.1 Å². The minimum absolute atomic E-state index is 0.0876. The molecule has 0 saturated carbocycles. The van der Waals surface area contributed by atoms with Crippen molar-refractivity contribution in [3.63, 3.8) is 0 Å². The van der Waals surface area contributed by atoms with E-state index in [1.165, 1.54) is 5.57 Å². The number of aromatic carboxylic acids is 1. The number of carboxylic acids is 1. The van der Waals surface area contributed by atoms with Crippen LogP contribution in [0.15, 0.2) is 23.8 Å². The van der Waals surface area contributed by atoms with Crippen LogP contribution in [0.1, 0.15) is 23.8 Å². The van der Waals surface area contributed by atoms with Crippen LogP contribution < -0.4 is 4.90 Å². The van der Waals surface area contributed by atoms with Gasteiger partial charge < -0.3 is 10.0 Å². The minimum atomic E-state index is -1.10. The van der Waals surface area contributed by atoms with Crippen molar-refractivity contribution in [3.05, 3.63) is 34.5 Å². The average molecular weight is 253 g/mol. The van der Waals surface area contributed by atoms with E-state index in [1.807, 2.05) is 4.90 Å². The molecule has 90 valence electrons. The molecule has 0 bridgehead atoms. The lowest BCUT2D eigenvalue weighted by atomic mass is 10.1. The molecule has 17 heavy (non-hydrogen) atoms. The lowest BCUT2D eigenvalue weighted by Crippen LogP contribution is -2.29. The topological polar surface area (TPSA) is 53.4 Å². The summed E-state index contributed by atoms with van der Waals surface area (Å²) in [4.78, 5) is 17.1. The highest BCUT2D eigenvalue weighted by atomic mass is 35.5. The second-order valence-corrected chi connectivity index (χ2v) is 4.46. The molecule has 1 aliphatic heterocycles. The molecule has 1 N–H and O–H groups in total. The maximum Gasteiger partial charge on any atom is 0.356 e. The zero-order valence-corrected chi connectivity index (χ0v) is 10.2. The lowest BCUT2D eigenvalue weighted by molar-refractivity contribution is 0.0691. The Kier molecular flexibility index (Phi) is 3.33. The Bertz CT molecular complexity index is 485. The zero-order valence-electron chi connectivity index (χ0n) is 9.48. The standard InChI is InChI=1S/C12H13ClN2O2/c1-8-4-6-15(7-5-8)10-3-2-9(13)11(14-10)12(16)17/h2-4H,5-7H2,1H3,(H,16,17). The number of rotatable bonds is 2. The van der Waals surface area contributed by atoms with E-state index in [4.69, 9.17) is 16.7 Å². The molecule has 0 saturated heterocycles. The van der Waals surface area contributed by atoms with Crippen LogP contribution in [0, 0.1) is 0 Å². The maximum atomic E-state index is 10.9. The van der Waals surface area contributed by atoms with E-state index in [-0.39, 0.29) is 10.7 Å². The molecule has 4 nitrogen and oxygen atoms in total. The normalized spacial score (nSPS) is 15.6. The summed E-state index contributed by atoms with van der Waals surface area (Å²) in [5.41, 5.74) is 1.27. The SMILES string of the molecule is CC1=CCN(c2ccc(Cl)c(C(=O)O)n2)CC1. The van der Waals surface area contributed by atoms with Gasteiger partial charge in [-0.2, -0.15) is 0 Å². The second-order valence-electron chi connectivity index (χ2n) is 4.05. The number of halogens is 1. The molecular weight excluding hydrogens is 240 g/mol. The Morgan fingerprint density at radius 1 is 1.53 bits per heavy atom. The van der Waals surface area contributed by atoms with Gasteiger partial charge in [0, 0.05) is 13.1 Å². The van der Waals surface area contributed by atoms with Gasteiger partial charge in [0.2, 0.25) is 0 Å². The van der Waals surface area contributed by atoms with Gasteiger partial charge in [-0.25, -0.2) is 9.78 Å². The van der Waals surface area contributed by atoms with Crippen LogP contribution in [0.5, 0.6) is 0 Å². The van der Waals surface area contributed by atoms with Crippen molar-refractivity contribution in [2.45, 2.75) is 13.3 Å². The summed E-state index contributed by atoms with van der Waals surface area (Å²) in [5.74, 6) is -0.434. The number of carbonyl (C=O) groups is 1. The average Bonchev–Trinajstić information content (AvgIpc) is 2.30. The fourth-order valence-electron chi connectivity index (χ4n) is 1.74. The first kappa shape index (κ1) is 11.9. The van der Waals surface area contributed by atoms with Crippen LogP contribution in [0.4, 0.5) is 5.82 Å². The third kappa shape index (κ3) is 2.58. The highest BCUT2D eigenvalue weighted by Gasteiger charge is 2.16. The Morgan fingerprint density at radius 2 is 2.29 bits per heavy atom. The molecule has 0 radical (unpaired) electrons. The van der Waals surface area contributed by atoms with Crippen molar-refractivity contribution in [3.8, 4) is 0 Å². The molecular formula is C12H13ClN2O2. The molecule has 1 aliphatic rings. The first-order valence-corrected chi connectivity index (χ1v) is 5.76. The number of hydrogen-bond donors (Lipinski definition) is 1. The first-order chi connectivity index (χ1) is 8.08. The quantitative estimate of drug-likeness (QED) is 0.822.